The van der Waals surface area contributed by atoms with Crippen LogP contribution >= 0.6 is 0 Å². The Hall–Kier alpha value is -1.36. The summed E-state index contributed by atoms with van der Waals surface area (Å²) in [5.74, 6) is -1.07. The lowest BCUT2D eigenvalue weighted by Crippen LogP contribution is -2.41. The Kier molecular flexibility index (Phi) is 6.71. The third-order valence-corrected chi connectivity index (χ3v) is 4.08. The Bertz CT molecular complexity index is 346. The molecular weight excluding hydrogens is 258 g/mol. The molecule has 1 rings (SSSR count). The number of carboxylic acids is 1. The third-order valence-electron chi connectivity index (χ3n) is 4.08. The van der Waals surface area contributed by atoms with E-state index in [0.717, 1.165) is 25.7 Å². The second kappa shape index (κ2) is 8.04. The van der Waals surface area contributed by atoms with E-state index >= 15 is 0 Å². The maximum absolute atomic E-state index is 12.3. The van der Waals surface area contributed by atoms with Gasteiger partial charge in [0.05, 0.1) is 12.0 Å². The van der Waals surface area contributed by atoms with E-state index < -0.39 is 11.4 Å². The third kappa shape index (κ3) is 4.34. The van der Waals surface area contributed by atoms with Crippen LogP contribution in [0.4, 0.5) is 0 Å². The Morgan fingerprint density at radius 2 is 1.80 bits per heavy atom. The van der Waals surface area contributed by atoms with Crippen molar-refractivity contribution in [3.05, 3.63) is 12.7 Å². The van der Waals surface area contributed by atoms with Gasteiger partial charge in [-0.2, -0.15) is 0 Å². The van der Waals surface area contributed by atoms with Crippen LogP contribution in [0.15, 0.2) is 12.7 Å². The summed E-state index contributed by atoms with van der Waals surface area (Å²) in [5.41, 5.74) is -0.928. The van der Waals surface area contributed by atoms with Crippen LogP contribution in [0.1, 0.15) is 44.9 Å². The summed E-state index contributed by atoms with van der Waals surface area (Å²) in [6.07, 6.45) is 6.54. The predicted octanol–water partition coefficient (Wildman–Crippen LogP) is 1.81. The molecule has 0 aromatic carbocycles. The first-order valence-electron chi connectivity index (χ1n) is 7.28. The summed E-state index contributed by atoms with van der Waals surface area (Å²) in [6, 6.07) is 0. The van der Waals surface area contributed by atoms with Gasteiger partial charge in [-0.05, 0) is 12.8 Å². The highest BCUT2D eigenvalue weighted by Crippen LogP contribution is 2.38. The molecule has 20 heavy (non-hydrogen) atoms. The average molecular weight is 283 g/mol. The fraction of sp³-hybridized carbons (Fsp3) is 0.733. The first kappa shape index (κ1) is 16.7. The summed E-state index contributed by atoms with van der Waals surface area (Å²) >= 11 is 0. The summed E-state index contributed by atoms with van der Waals surface area (Å²) < 4.78 is 0. The van der Waals surface area contributed by atoms with Crippen molar-refractivity contribution in [1.82, 2.24) is 4.90 Å². The Labute approximate surface area is 120 Å². The highest BCUT2D eigenvalue weighted by Gasteiger charge is 2.41. The standard InChI is InChI=1S/C15H25NO4/c1-2-9-16(10-11-17)13(18)12-15(14(19)20)7-5-3-4-6-8-15/h2,17H,1,3-12H2,(H,19,20). The largest absolute Gasteiger partial charge is 0.481 e. The van der Waals surface area contributed by atoms with Gasteiger partial charge in [0.1, 0.15) is 0 Å². The minimum atomic E-state index is -0.928. The number of amides is 1. The highest BCUT2D eigenvalue weighted by molar-refractivity contribution is 5.85. The SMILES string of the molecule is C=CCN(CCO)C(=O)CC1(C(=O)O)CCCCCC1. The van der Waals surface area contributed by atoms with E-state index in [0.29, 0.717) is 19.4 Å². The minimum Gasteiger partial charge on any atom is -0.481 e. The summed E-state index contributed by atoms with van der Waals surface area (Å²) in [4.78, 5) is 25.5. The van der Waals surface area contributed by atoms with Crippen LogP contribution in [0.25, 0.3) is 0 Å². The predicted molar refractivity (Wildman–Crippen MR) is 76.3 cm³/mol. The molecule has 0 saturated heterocycles. The molecule has 0 aromatic rings. The Morgan fingerprint density at radius 1 is 1.20 bits per heavy atom. The molecule has 0 radical (unpaired) electrons. The van der Waals surface area contributed by atoms with E-state index in [2.05, 4.69) is 6.58 Å². The van der Waals surface area contributed by atoms with Crippen molar-refractivity contribution in [2.75, 3.05) is 19.7 Å². The molecule has 1 aliphatic carbocycles. The molecule has 1 fully saturated rings. The lowest BCUT2D eigenvalue weighted by atomic mass is 9.77. The number of carboxylic acid groups (broad SMARTS) is 1. The van der Waals surface area contributed by atoms with Crippen molar-refractivity contribution in [3.8, 4) is 0 Å². The number of aliphatic carboxylic acids is 1. The number of rotatable bonds is 7. The van der Waals surface area contributed by atoms with Crippen molar-refractivity contribution in [2.24, 2.45) is 5.41 Å². The van der Waals surface area contributed by atoms with Gasteiger partial charge >= 0.3 is 5.97 Å². The van der Waals surface area contributed by atoms with Crippen LogP contribution in [0.3, 0.4) is 0 Å². The minimum absolute atomic E-state index is 0.0240. The molecule has 0 unspecified atom stereocenters. The molecule has 5 heteroatoms. The Balaban J connectivity index is 2.79. The fourth-order valence-electron chi connectivity index (χ4n) is 2.87. The number of nitrogens with zero attached hydrogens (tertiary/aromatic N) is 1. The zero-order valence-electron chi connectivity index (χ0n) is 12.0. The van der Waals surface area contributed by atoms with Crippen molar-refractivity contribution in [1.29, 1.82) is 0 Å². The zero-order chi connectivity index (χ0) is 15.0. The number of aliphatic hydroxyl groups excluding tert-OH is 1. The summed E-state index contributed by atoms with van der Waals surface area (Å²) in [6.45, 7) is 4.03. The van der Waals surface area contributed by atoms with Gasteiger partial charge < -0.3 is 15.1 Å². The lowest BCUT2D eigenvalue weighted by Gasteiger charge is -2.30. The molecule has 0 heterocycles. The van der Waals surface area contributed by atoms with Crippen molar-refractivity contribution in [2.45, 2.75) is 44.9 Å². The van der Waals surface area contributed by atoms with Crippen molar-refractivity contribution in [3.63, 3.8) is 0 Å². The fourth-order valence-corrected chi connectivity index (χ4v) is 2.87. The molecule has 2 N–H and O–H groups in total. The van der Waals surface area contributed by atoms with E-state index in [4.69, 9.17) is 5.11 Å². The van der Waals surface area contributed by atoms with Crippen LogP contribution in [0.5, 0.6) is 0 Å². The zero-order valence-corrected chi connectivity index (χ0v) is 12.0. The van der Waals surface area contributed by atoms with E-state index in [1.165, 1.54) is 4.90 Å². The number of hydrogen-bond donors (Lipinski definition) is 2. The van der Waals surface area contributed by atoms with E-state index in [1.54, 1.807) is 6.08 Å². The van der Waals surface area contributed by atoms with Crippen LogP contribution < -0.4 is 0 Å². The molecule has 0 atom stereocenters. The number of aliphatic hydroxyl groups is 1. The van der Waals surface area contributed by atoms with Crippen LogP contribution in [0, 0.1) is 5.41 Å². The topological polar surface area (TPSA) is 77.8 Å². The molecule has 0 spiro atoms. The van der Waals surface area contributed by atoms with Crippen molar-refractivity contribution < 1.29 is 19.8 Å². The summed E-state index contributed by atoms with van der Waals surface area (Å²) in [5, 5.41) is 18.6. The van der Waals surface area contributed by atoms with E-state index in [9.17, 15) is 14.7 Å². The average Bonchev–Trinajstić information content (AvgIpc) is 2.65. The van der Waals surface area contributed by atoms with Gasteiger partial charge in [-0.25, -0.2) is 0 Å². The Morgan fingerprint density at radius 3 is 2.25 bits per heavy atom. The van der Waals surface area contributed by atoms with Gasteiger partial charge in [0.2, 0.25) is 5.91 Å². The number of hydrogen-bond acceptors (Lipinski definition) is 3. The first-order valence-corrected chi connectivity index (χ1v) is 7.28. The molecule has 5 nitrogen and oxygen atoms in total. The lowest BCUT2D eigenvalue weighted by molar-refractivity contribution is -0.154. The molecular formula is C15H25NO4. The molecule has 0 aromatic heterocycles. The molecule has 114 valence electrons. The van der Waals surface area contributed by atoms with Crippen LogP contribution in [0.2, 0.25) is 0 Å². The van der Waals surface area contributed by atoms with Gasteiger partial charge in [-0.15, -0.1) is 6.58 Å². The number of carbonyl (C=O) groups is 2. The van der Waals surface area contributed by atoms with Gasteiger partial charge in [0, 0.05) is 19.5 Å². The van der Waals surface area contributed by atoms with Gasteiger partial charge in [-0.3, -0.25) is 9.59 Å². The maximum Gasteiger partial charge on any atom is 0.310 e. The van der Waals surface area contributed by atoms with Crippen LogP contribution in [-0.4, -0.2) is 46.7 Å². The monoisotopic (exact) mass is 283 g/mol. The van der Waals surface area contributed by atoms with Gasteiger partial charge in [0.15, 0.2) is 0 Å². The molecule has 1 saturated carbocycles. The molecule has 0 bridgehead atoms. The highest BCUT2D eigenvalue weighted by atomic mass is 16.4. The molecule has 1 amide bonds. The van der Waals surface area contributed by atoms with Crippen molar-refractivity contribution >= 4 is 11.9 Å². The number of carbonyl (C=O) groups excluding carboxylic acids is 1. The first-order chi connectivity index (χ1) is 9.55. The molecule has 0 aliphatic heterocycles. The second-order valence-corrected chi connectivity index (χ2v) is 5.53. The molecule has 1 aliphatic rings. The summed E-state index contributed by atoms with van der Waals surface area (Å²) in [7, 11) is 0. The van der Waals surface area contributed by atoms with Gasteiger partial charge in [0.25, 0.3) is 0 Å². The maximum atomic E-state index is 12.3. The van der Waals surface area contributed by atoms with Gasteiger partial charge in [-0.1, -0.05) is 31.8 Å². The van der Waals surface area contributed by atoms with Crippen LogP contribution in [-0.2, 0) is 9.59 Å². The normalized spacial score (nSPS) is 18.1. The van der Waals surface area contributed by atoms with E-state index in [1.807, 2.05) is 0 Å². The smallest absolute Gasteiger partial charge is 0.310 e. The van der Waals surface area contributed by atoms with E-state index in [-0.39, 0.29) is 25.5 Å². The second-order valence-electron chi connectivity index (χ2n) is 5.53. The quantitative estimate of drug-likeness (QED) is 0.552.